The van der Waals surface area contributed by atoms with Crippen LogP contribution in [0.25, 0.3) is 0 Å². The lowest BCUT2D eigenvalue weighted by atomic mass is 10.0. The zero-order valence-corrected chi connectivity index (χ0v) is 11.5. The van der Waals surface area contributed by atoms with Crippen molar-refractivity contribution in [1.82, 2.24) is 10.2 Å². The van der Waals surface area contributed by atoms with E-state index in [-0.39, 0.29) is 0 Å². The lowest BCUT2D eigenvalue weighted by Crippen LogP contribution is -2.43. The molecule has 0 aromatic rings. The summed E-state index contributed by atoms with van der Waals surface area (Å²) in [6.07, 6.45) is 7.76. The summed E-state index contributed by atoms with van der Waals surface area (Å²) in [5.74, 6) is 0. The van der Waals surface area contributed by atoms with E-state index < -0.39 is 0 Å². The highest BCUT2D eigenvalue weighted by molar-refractivity contribution is 4.88. The molecule has 17 heavy (non-hydrogen) atoms. The second-order valence-electron chi connectivity index (χ2n) is 5.63. The molecule has 1 heterocycles. The molecular weight excluding hydrogens is 212 g/mol. The van der Waals surface area contributed by atoms with Crippen molar-refractivity contribution in [3.8, 4) is 0 Å². The molecule has 1 aliphatic carbocycles. The van der Waals surface area contributed by atoms with Crippen LogP contribution < -0.4 is 5.32 Å². The van der Waals surface area contributed by atoms with Gasteiger partial charge < -0.3 is 15.0 Å². The van der Waals surface area contributed by atoms with Gasteiger partial charge in [0.2, 0.25) is 0 Å². The smallest absolute Gasteiger partial charge is 0.0480 e. The minimum absolute atomic E-state index is 0.763. The molecule has 2 atom stereocenters. The normalized spacial score (nSPS) is 31.2. The van der Waals surface area contributed by atoms with Crippen molar-refractivity contribution in [3.05, 3.63) is 0 Å². The monoisotopic (exact) mass is 240 g/mol. The number of nitrogens with zero attached hydrogens (tertiary/aromatic N) is 1. The van der Waals surface area contributed by atoms with E-state index in [0.29, 0.717) is 0 Å². The van der Waals surface area contributed by atoms with Crippen LogP contribution in [0.5, 0.6) is 0 Å². The zero-order valence-electron chi connectivity index (χ0n) is 11.5. The molecule has 2 unspecified atom stereocenters. The van der Waals surface area contributed by atoms with Crippen molar-refractivity contribution in [2.75, 3.05) is 26.8 Å². The summed E-state index contributed by atoms with van der Waals surface area (Å²) in [5, 5.41) is 3.67. The van der Waals surface area contributed by atoms with Gasteiger partial charge in [-0.1, -0.05) is 6.92 Å². The first kappa shape index (κ1) is 13.3. The van der Waals surface area contributed by atoms with E-state index in [9.17, 15) is 0 Å². The molecule has 0 bridgehead atoms. The Morgan fingerprint density at radius 2 is 1.88 bits per heavy atom. The number of hydrogen-bond donors (Lipinski definition) is 1. The summed E-state index contributed by atoms with van der Waals surface area (Å²) in [5.41, 5.74) is 0. The Balaban J connectivity index is 1.74. The maximum absolute atomic E-state index is 5.45. The van der Waals surface area contributed by atoms with E-state index in [4.69, 9.17) is 4.74 Å². The number of hydrogen-bond acceptors (Lipinski definition) is 3. The quantitative estimate of drug-likeness (QED) is 0.795. The van der Waals surface area contributed by atoms with Gasteiger partial charge in [-0.25, -0.2) is 0 Å². The van der Waals surface area contributed by atoms with Crippen molar-refractivity contribution in [1.29, 1.82) is 0 Å². The summed E-state index contributed by atoms with van der Waals surface area (Å²) in [6.45, 7) is 5.34. The highest BCUT2D eigenvalue weighted by Crippen LogP contribution is 2.27. The fourth-order valence-electron chi connectivity index (χ4n) is 3.25. The largest absolute Gasteiger partial charge is 0.381 e. The van der Waals surface area contributed by atoms with Gasteiger partial charge in [0.15, 0.2) is 0 Å². The topological polar surface area (TPSA) is 24.5 Å². The first-order chi connectivity index (χ1) is 8.31. The first-order valence-electron chi connectivity index (χ1n) is 7.34. The standard InChI is InChI=1S/C14H28N2O/c1-3-8-15-12-4-5-14(11-12)16(2)13-6-9-17-10-7-13/h12-15H,3-11H2,1-2H3. The Bertz CT molecular complexity index is 216. The van der Waals surface area contributed by atoms with Crippen LogP contribution in [-0.4, -0.2) is 49.8 Å². The lowest BCUT2D eigenvalue weighted by molar-refractivity contribution is 0.0291. The fourth-order valence-corrected chi connectivity index (χ4v) is 3.25. The third-order valence-corrected chi connectivity index (χ3v) is 4.43. The molecule has 1 saturated carbocycles. The van der Waals surface area contributed by atoms with Gasteiger partial charge in [-0.2, -0.15) is 0 Å². The van der Waals surface area contributed by atoms with Crippen LogP contribution in [0.15, 0.2) is 0 Å². The Morgan fingerprint density at radius 3 is 2.59 bits per heavy atom. The molecule has 2 fully saturated rings. The molecule has 1 aliphatic heterocycles. The summed E-state index contributed by atoms with van der Waals surface area (Å²) in [4.78, 5) is 2.64. The Labute approximate surface area is 106 Å². The highest BCUT2D eigenvalue weighted by Gasteiger charge is 2.31. The van der Waals surface area contributed by atoms with Crippen LogP contribution >= 0.6 is 0 Å². The van der Waals surface area contributed by atoms with Gasteiger partial charge in [0.25, 0.3) is 0 Å². The molecule has 0 spiro atoms. The Kier molecular flexibility index (Phi) is 5.26. The summed E-state index contributed by atoms with van der Waals surface area (Å²) < 4.78 is 5.45. The van der Waals surface area contributed by atoms with E-state index in [1.165, 1.54) is 45.1 Å². The lowest BCUT2D eigenvalue weighted by Gasteiger charge is -2.35. The molecule has 1 saturated heterocycles. The fraction of sp³-hybridized carbons (Fsp3) is 1.00. The van der Waals surface area contributed by atoms with E-state index >= 15 is 0 Å². The molecular formula is C14H28N2O. The van der Waals surface area contributed by atoms with Gasteiger partial charge in [0.05, 0.1) is 0 Å². The molecule has 0 amide bonds. The number of ether oxygens (including phenoxy) is 1. The molecule has 0 aromatic heterocycles. The third kappa shape index (κ3) is 3.67. The second kappa shape index (κ2) is 6.72. The van der Waals surface area contributed by atoms with E-state index in [0.717, 1.165) is 31.3 Å². The van der Waals surface area contributed by atoms with Crippen molar-refractivity contribution < 1.29 is 4.74 Å². The first-order valence-corrected chi connectivity index (χ1v) is 7.34. The van der Waals surface area contributed by atoms with Gasteiger partial charge in [0, 0.05) is 31.3 Å². The second-order valence-corrected chi connectivity index (χ2v) is 5.63. The van der Waals surface area contributed by atoms with Crippen LogP contribution in [-0.2, 0) is 4.74 Å². The summed E-state index contributed by atoms with van der Waals surface area (Å²) in [7, 11) is 2.32. The van der Waals surface area contributed by atoms with Crippen molar-refractivity contribution in [2.24, 2.45) is 0 Å². The van der Waals surface area contributed by atoms with Crippen LogP contribution in [0, 0.1) is 0 Å². The van der Waals surface area contributed by atoms with Gasteiger partial charge in [0.1, 0.15) is 0 Å². The van der Waals surface area contributed by atoms with E-state index in [2.05, 4.69) is 24.2 Å². The molecule has 3 heteroatoms. The number of rotatable bonds is 5. The minimum Gasteiger partial charge on any atom is -0.381 e. The average Bonchev–Trinajstić information content (AvgIpc) is 2.85. The predicted octanol–water partition coefficient (Wildman–Crippen LogP) is 2.02. The van der Waals surface area contributed by atoms with Gasteiger partial charge in [-0.3, -0.25) is 0 Å². The highest BCUT2D eigenvalue weighted by atomic mass is 16.5. The maximum atomic E-state index is 5.45. The minimum atomic E-state index is 0.763. The van der Waals surface area contributed by atoms with Crippen LogP contribution in [0.4, 0.5) is 0 Å². The predicted molar refractivity (Wildman–Crippen MR) is 71.3 cm³/mol. The number of nitrogens with one attached hydrogen (secondary N) is 1. The van der Waals surface area contributed by atoms with E-state index in [1.807, 2.05) is 0 Å². The molecule has 0 radical (unpaired) electrons. The average molecular weight is 240 g/mol. The van der Waals surface area contributed by atoms with Gasteiger partial charge in [-0.05, 0) is 52.1 Å². The van der Waals surface area contributed by atoms with Crippen LogP contribution in [0.3, 0.4) is 0 Å². The van der Waals surface area contributed by atoms with Crippen molar-refractivity contribution in [2.45, 2.75) is 63.6 Å². The molecule has 1 N–H and O–H groups in total. The molecule has 2 rings (SSSR count). The summed E-state index contributed by atoms with van der Waals surface area (Å²) >= 11 is 0. The Morgan fingerprint density at radius 1 is 1.12 bits per heavy atom. The van der Waals surface area contributed by atoms with Crippen molar-refractivity contribution >= 4 is 0 Å². The molecule has 3 nitrogen and oxygen atoms in total. The van der Waals surface area contributed by atoms with Crippen LogP contribution in [0.1, 0.15) is 45.4 Å². The van der Waals surface area contributed by atoms with E-state index in [1.54, 1.807) is 0 Å². The third-order valence-electron chi connectivity index (χ3n) is 4.43. The maximum Gasteiger partial charge on any atom is 0.0480 e. The molecule has 0 aromatic carbocycles. The van der Waals surface area contributed by atoms with Crippen molar-refractivity contribution in [3.63, 3.8) is 0 Å². The van der Waals surface area contributed by atoms with Gasteiger partial charge in [-0.15, -0.1) is 0 Å². The molecule has 2 aliphatic rings. The van der Waals surface area contributed by atoms with Gasteiger partial charge >= 0.3 is 0 Å². The SMILES string of the molecule is CCCNC1CCC(N(C)C2CCOCC2)C1. The summed E-state index contributed by atoms with van der Waals surface area (Å²) in [6, 6.07) is 2.33. The zero-order chi connectivity index (χ0) is 12.1. The Hall–Kier alpha value is -0.120. The molecule has 100 valence electrons. The van der Waals surface area contributed by atoms with Crippen LogP contribution in [0.2, 0.25) is 0 Å².